The van der Waals surface area contributed by atoms with Crippen LogP contribution in [-0.4, -0.2) is 35.1 Å². The van der Waals surface area contributed by atoms with Gasteiger partial charge >= 0.3 is 12.0 Å². The summed E-state index contributed by atoms with van der Waals surface area (Å²) in [4.78, 5) is 25.1. The number of amides is 2. The van der Waals surface area contributed by atoms with Crippen LogP contribution in [0.4, 0.5) is 4.79 Å². The summed E-state index contributed by atoms with van der Waals surface area (Å²) >= 11 is 0. The quantitative estimate of drug-likeness (QED) is 0.769. The number of piperidine rings is 1. The number of carbonyl (C=O) groups excluding carboxylic acids is 1. The van der Waals surface area contributed by atoms with Gasteiger partial charge in [-0.15, -0.1) is 0 Å². The summed E-state index contributed by atoms with van der Waals surface area (Å²) < 4.78 is 5.76. The zero-order valence-electron chi connectivity index (χ0n) is 15.8. The molecule has 2 aromatic carbocycles. The molecular formula is C22H26N2O4. The van der Waals surface area contributed by atoms with E-state index in [2.05, 4.69) is 5.32 Å². The number of hydrogen-bond acceptors (Lipinski definition) is 3. The Labute approximate surface area is 165 Å². The van der Waals surface area contributed by atoms with Crippen molar-refractivity contribution in [1.82, 2.24) is 10.2 Å². The van der Waals surface area contributed by atoms with Crippen LogP contribution in [-0.2, 0) is 29.3 Å². The number of likely N-dealkylation sites (tertiary alicyclic amines) is 1. The van der Waals surface area contributed by atoms with E-state index in [1.54, 1.807) is 4.90 Å². The van der Waals surface area contributed by atoms with Crippen LogP contribution in [0.25, 0.3) is 0 Å². The van der Waals surface area contributed by atoms with E-state index >= 15 is 0 Å². The fraction of sp³-hybridized carbons (Fsp3) is 0.364. The molecule has 148 valence electrons. The number of carbonyl (C=O) groups is 2. The van der Waals surface area contributed by atoms with Gasteiger partial charge in [0, 0.05) is 19.6 Å². The number of ether oxygens (including phenoxy) is 1. The lowest BCUT2D eigenvalue weighted by Gasteiger charge is -2.30. The number of rotatable bonds is 7. The lowest BCUT2D eigenvalue weighted by molar-refractivity contribution is -0.143. The third-order valence-corrected chi connectivity index (χ3v) is 4.87. The molecule has 2 amide bonds. The van der Waals surface area contributed by atoms with Crippen molar-refractivity contribution >= 4 is 12.0 Å². The molecule has 0 radical (unpaired) electrons. The van der Waals surface area contributed by atoms with E-state index in [4.69, 9.17) is 9.84 Å². The standard InChI is InChI=1S/C22H26N2O4/c25-21(26)20-10-5-11-24(14-20)22(27)23-13-18-8-4-9-19(12-18)16-28-15-17-6-2-1-3-7-17/h1-4,6-9,12,20H,5,10-11,13-16H2,(H,23,27)(H,25,26). The Morgan fingerprint density at radius 3 is 2.54 bits per heavy atom. The van der Waals surface area contributed by atoms with Crippen LogP contribution in [0.15, 0.2) is 54.6 Å². The molecule has 1 aliphatic heterocycles. The van der Waals surface area contributed by atoms with Crippen LogP contribution in [0.1, 0.15) is 29.5 Å². The third-order valence-electron chi connectivity index (χ3n) is 4.87. The first-order valence-corrected chi connectivity index (χ1v) is 9.57. The van der Waals surface area contributed by atoms with Crippen molar-refractivity contribution in [2.45, 2.75) is 32.6 Å². The molecule has 6 nitrogen and oxygen atoms in total. The predicted octanol–water partition coefficient (Wildman–Crippen LogP) is 3.41. The molecule has 0 aliphatic carbocycles. The van der Waals surface area contributed by atoms with Crippen molar-refractivity contribution in [3.05, 3.63) is 71.3 Å². The van der Waals surface area contributed by atoms with E-state index in [9.17, 15) is 9.59 Å². The van der Waals surface area contributed by atoms with E-state index in [1.165, 1.54) is 0 Å². The van der Waals surface area contributed by atoms with Crippen molar-refractivity contribution in [2.75, 3.05) is 13.1 Å². The predicted molar refractivity (Wildman–Crippen MR) is 106 cm³/mol. The number of hydrogen-bond donors (Lipinski definition) is 2. The Balaban J connectivity index is 1.46. The van der Waals surface area contributed by atoms with Crippen LogP contribution in [0.5, 0.6) is 0 Å². The van der Waals surface area contributed by atoms with Gasteiger partial charge in [0.2, 0.25) is 0 Å². The summed E-state index contributed by atoms with van der Waals surface area (Å²) in [7, 11) is 0. The van der Waals surface area contributed by atoms with Crippen LogP contribution in [0.2, 0.25) is 0 Å². The van der Waals surface area contributed by atoms with Crippen molar-refractivity contribution in [2.24, 2.45) is 5.92 Å². The summed E-state index contributed by atoms with van der Waals surface area (Å²) in [5.74, 6) is -1.30. The second kappa shape index (κ2) is 9.90. The summed E-state index contributed by atoms with van der Waals surface area (Å²) in [5, 5.41) is 12.0. The highest BCUT2D eigenvalue weighted by Gasteiger charge is 2.27. The number of carboxylic acids is 1. The molecular weight excluding hydrogens is 356 g/mol. The minimum Gasteiger partial charge on any atom is -0.481 e. The molecule has 0 bridgehead atoms. The molecule has 0 saturated carbocycles. The molecule has 6 heteroatoms. The molecule has 0 spiro atoms. The maximum atomic E-state index is 12.4. The first kappa shape index (κ1) is 19.9. The smallest absolute Gasteiger partial charge is 0.317 e. The Bertz CT molecular complexity index is 794. The van der Waals surface area contributed by atoms with Crippen molar-refractivity contribution < 1.29 is 19.4 Å². The van der Waals surface area contributed by atoms with E-state index in [0.29, 0.717) is 32.7 Å². The average molecular weight is 382 g/mol. The summed E-state index contributed by atoms with van der Waals surface area (Å²) in [6, 6.07) is 17.7. The molecule has 0 aromatic heterocycles. The number of benzene rings is 2. The number of carboxylic acid groups (broad SMARTS) is 1. The van der Waals surface area contributed by atoms with Crippen molar-refractivity contribution in [3.8, 4) is 0 Å². The van der Waals surface area contributed by atoms with Crippen LogP contribution in [0.3, 0.4) is 0 Å². The van der Waals surface area contributed by atoms with E-state index in [0.717, 1.165) is 23.1 Å². The van der Waals surface area contributed by atoms with Gasteiger partial charge in [0.15, 0.2) is 0 Å². The maximum absolute atomic E-state index is 12.4. The zero-order chi connectivity index (χ0) is 19.8. The van der Waals surface area contributed by atoms with Crippen molar-refractivity contribution in [1.29, 1.82) is 0 Å². The third kappa shape index (κ3) is 5.82. The van der Waals surface area contributed by atoms with E-state index in [1.807, 2.05) is 54.6 Å². The fourth-order valence-corrected chi connectivity index (χ4v) is 3.34. The minimum atomic E-state index is -0.833. The Hall–Kier alpha value is -2.86. The normalized spacial score (nSPS) is 16.6. The van der Waals surface area contributed by atoms with Gasteiger partial charge in [0.25, 0.3) is 0 Å². The van der Waals surface area contributed by atoms with E-state index < -0.39 is 11.9 Å². The number of nitrogens with zero attached hydrogens (tertiary/aromatic N) is 1. The lowest BCUT2D eigenvalue weighted by Crippen LogP contribution is -2.46. The van der Waals surface area contributed by atoms with Gasteiger partial charge in [-0.05, 0) is 29.5 Å². The first-order valence-electron chi connectivity index (χ1n) is 9.57. The number of nitrogens with one attached hydrogen (secondary N) is 1. The molecule has 2 N–H and O–H groups in total. The molecule has 2 aromatic rings. The van der Waals surface area contributed by atoms with Crippen molar-refractivity contribution in [3.63, 3.8) is 0 Å². The highest BCUT2D eigenvalue weighted by molar-refractivity contribution is 5.76. The Morgan fingerprint density at radius 2 is 1.75 bits per heavy atom. The molecule has 28 heavy (non-hydrogen) atoms. The molecule has 1 aliphatic rings. The highest BCUT2D eigenvalue weighted by atomic mass is 16.5. The van der Waals surface area contributed by atoms with E-state index in [-0.39, 0.29) is 12.6 Å². The summed E-state index contributed by atoms with van der Waals surface area (Å²) in [6.07, 6.45) is 1.35. The maximum Gasteiger partial charge on any atom is 0.317 e. The monoisotopic (exact) mass is 382 g/mol. The molecule has 1 fully saturated rings. The molecule has 1 atom stereocenters. The van der Waals surface area contributed by atoms with Gasteiger partial charge in [0.1, 0.15) is 0 Å². The zero-order valence-corrected chi connectivity index (χ0v) is 15.8. The molecule has 1 unspecified atom stereocenters. The minimum absolute atomic E-state index is 0.211. The largest absolute Gasteiger partial charge is 0.481 e. The van der Waals surface area contributed by atoms with Gasteiger partial charge in [-0.1, -0.05) is 54.6 Å². The van der Waals surface area contributed by atoms with Gasteiger partial charge in [0.05, 0.1) is 19.1 Å². The lowest BCUT2D eigenvalue weighted by atomic mass is 9.99. The van der Waals surface area contributed by atoms with Gasteiger partial charge in [-0.3, -0.25) is 4.79 Å². The van der Waals surface area contributed by atoms with Crippen LogP contribution < -0.4 is 5.32 Å². The summed E-state index contributed by atoms with van der Waals surface area (Å²) in [5.41, 5.74) is 3.17. The topological polar surface area (TPSA) is 78.9 Å². The molecule has 3 rings (SSSR count). The highest BCUT2D eigenvalue weighted by Crippen LogP contribution is 2.17. The molecule has 1 saturated heterocycles. The second-order valence-corrected chi connectivity index (χ2v) is 7.08. The Morgan fingerprint density at radius 1 is 1.04 bits per heavy atom. The van der Waals surface area contributed by atoms with Crippen LogP contribution >= 0.6 is 0 Å². The van der Waals surface area contributed by atoms with Gasteiger partial charge < -0.3 is 20.1 Å². The fourth-order valence-electron chi connectivity index (χ4n) is 3.34. The Kier molecular flexibility index (Phi) is 7.03. The van der Waals surface area contributed by atoms with Gasteiger partial charge in [-0.25, -0.2) is 4.79 Å². The van der Waals surface area contributed by atoms with Gasteiger partial charge in [-0.2, -0.15) is 0 Å². The SMILES string of the molecule is O=C(O)C1CCCN(C(=O)NCc2cccc(COCc3ccccc3)c2)C1. The molecule has 1 heterocycles. The first-order chi connectivity index (χ1) is 13.6. The second-order valence-electron chi connectivity index (χ2n) is 7.08. The van der Waals surface area contributed by atoms with Crippen LogP contribution in [0, 0.1) is 5.92 Å². The average Bonchev–Trinajstić information content (AvgIpc) is 2.73. The summed E-state index contributed by atoms with van der Waals surface area (Å²) in [6.45, 7) is 2.34. The number of urea groups is 1. The number of aliphatic carboxylic acids is 1.